The minimum atomic E-state index is 0.361. The monoisotopic (exact) mass is 236 g/mol. The summed E-state index contributed by atoms with van der Waals surface area (Å²) in [5.74, 6) is 1.19. The van der Waals surface area contributed by atoms with E-state index in [0.717, 1.165) is 18.8 Å². The molecule has 0 radical (unpaired) electrons. The Morgan fingerprint density at radius 3 is 2.12 bits per heavy atom. The molecule has 0 aromatic heterocycles. The number of diazo groups is 1. The molecular formula is C12H18N3O2+. The summed E-state index contributed by atoms with van der Waals surface area (Å²) in [7, 11) is 3.14. The highest BCUT2D eigenvalue weighted by Gasteiger charge is 2.21. The molecule has 5 nitrogen and oxygen atoms in total. The standard InChI is InChI=1S/C12H18N3O2/c1-5-15(6-2)10-8-11(16-3)9(14-13)7-12(10)17-4/h7-8H,5-6H2,1-4H3/q+1. The summed E-state index contributed by atoms with van der Waals surface area (Å²) in [6.07, 6.45) is 0. The fourth-order valence-electron chi connectivity index (χ4n) is 1.76. The van der Waals surface area contributed by atoms with Gasteiger partial charge in [-0.2, -0.15) is 0 Å². The van der Waals surface area contributed by atoms with E-state index in [1.165, 1.54) is 0 Å². The lowest BCUT2D eigenvalue weighted by Gasteiger charge is -2.23. The molecule has 0 bridgehead atoms. The molecule has 5 heteroatoms. The Labute approximate surface area is 102 Å². The summed E-state index contributed by atoms with van der Waals surface area (Å²) >= 11 is 0. The normalized spacial score (nSPS) is 9.59. The molecule has 0 heterocycles. The first kappa shape index (κ1) is 13.1. The zero-order valence-corrected chi connectivity index (χ0v) is 10.7. The van der Waals surface area contributed by atoms with Crippen LogP contribution >= 0.6 is 0 Å². The molecule has 1 aromatic rings. The SMILES string of the molecule is CCN(CC)c1cc(OC)c([N+]#N)cc1OC. The third kappa shape index (κ3) is 2.59. The Hall–Kier alpha value is -1.96. The maximum absolute atomic E-state index is 8.89. The van der Waals surface area contributed by atoms with E-state index in [9.17, 15) is 0 Å². The van der Waals surface area contributed by atoms with Gasteiger partial charge in [0.15, 0.2) is 10.7 Å². The number of hydrogen-bond donors (Lipinski definition) is 0. The van der Waals surface area contributed by atoms with E-state index in [2.05, 4.69) is 23.7 Å². The average molecular weight is 236 g/mol. The second-order valence-electron chi connectivity index (χ2n) is 3.47. The Bertz CT molecular complexity index is 422. The van der Waals surface area contributed by atoms with Gasteiger partial charge < -0.3 is 14.4 Å². The van der Waals surface area contributed by atoms with Crippen LogP contribution in [0, 0.1) is 5.39 Å². The Kier molecular flexibility index (Phi) is 4.58. The Morgan fingerprint density at radius 1 is 1.12 bits per heavy atom. The lowest BCUT2D eigenvalue weighted by molar-refractivity contribution is 0.405. The van der Waals surface area contributed by atoms with E-state index in [1.807, 2.05) is 6.07 Å². The van der Waals surface area contributed by atoms with Gasteiger partial charge in [-0.3, -0.25) is 0 Å². The summed E-state index contributed by atoms with van der Waals surface area (Å²) in [5, 5.41) is 8.89. The highest BCUT2D eigenvalue weighted by atomic mass is 16.5. The van der Waals surface area contributed by atoms with Crippen molar-refractivity contribution >= 4 is 11.4 Å². The third-order valence-electron chi connectivity index (χ3n) is 2.69. The van der Waals surface area contributed by atoms with Crippen LogP contribution in [0.1, 0.15) is 13.8 Å². The molecule has 0 aliphatic heterocycles. The number of methoxy groups -OCH3 is 2. The molecule has 0 spiro atoms. The van der Waals surface area contributed by atoms with Crippen molar-refractivity contribution < 1.29 is 9.47 Å². The molecule has 0 N–H and O–H groups in total. The second kappa shape index (κ2) is 5.94. The molecule has 0 aliphatic carbocycles. The quantitative estimate of drug-likeness (QED) is 0.737. The second-order valence-corrected chi connectivity index (χ2v) is 3.47. The molecule has 17 heavy (non-hydrogen) atoms. The summed E-state index contributed by atoms with van der Waals surface area (Å²) in [5.41, 5.74) is 1.29. The van der Waals surface area contributed by atoms with Crippen LogP contribution in [0.4, 0.5) is 11.4 Å². The van der Waals surface area contributed by atoms with Gasteiger partial charge >= 0.3 is 5.69 Å². The van der Waals surface area contributed by atoms with Crippen LogP contribution in [-0.4, -0.2) is 27.3 Å². The number of rotatable bonds is 5. The number of anilines is 1. The smallest absolute Gasteiger partial charge is 0.430 e. The van der Waals surface area contributed by atoms with Crippen molar-refractivity contribution in [1.82, 2.24) is 0 Å². The molecular weight excluding hydrogens is 218 g/mol. The van der Waals surface area contributed by atoms with Gasteiger partial charge in [-0.25, -0.2) is 0 Å². The summed E-state index contributed by atoms with van der Waals surface area (Å²) < 4.78 is 10.5. The van der Waals surface area contributed by atoms with Gasteiger partial charge in [-0.15, -0.1) is 0 Å². The molecule has 0 fully saturated rings. The third-order valence-corrected chi connectivity index (χ3v) is 2.69. The van der Waals surface area contributed by atoms with Crippen LogP contribution < -0.4 is 14.4 Å². The van der Waals surface area contributed by atoms with Crippen molar-refractivity contribution in [3.63, 3.8) is 0 Å². The first-order valence-corrected chi connectivity index (χ1v) is 5.57. The summed E-state index contributed by atoms with van der Waals surface area (Å²) in [6.45, 7) is 5.87. The van der Waals surface area contributed by atoms with E-state index in [0.29, 0.717) is 17.2 Å². The molecule has 0 amide bonds. The fourth-order valence-corrected chi connectivity index (χ4v) is 1.76. The molecule has 0 atom stereocenters. The fraction of sp³-hybridized carbons (Fsp3) is 0.500. The predicted octanol–water partition coefficient (Wildman–Crippen LogP) is 3.03. The van der Waals surface area contributed by atoms with Crippen LogP contribution in [0.2, 0.25) is 0 Å². The maximum Gasteiger partial charge on any atom is 0.430 e. The molecule has 0 aliphatic rings. The van der Waals surface area contributed by atoms with Crippen molar-refractivity contribution in [3.8, 4) is 11.5 Å². The zero-order chi connectivity index (χ0) is 12.8. The molecule has 92 valence electrons. The maximum atomic E-state index is 8.89. The first-order chi connectivity index (χ1) is 8.21. The van der Waals surface area contributed by atoms with Gasteiger partial charge in [-0.1, -0.05) is 0 Å². The minimum absolute atomic E-state index is 0.361. The summed E-state index contributed by atoms with van der Waals surface area (Å²) in [6, 6.07) is 3.48. The number of benzene rings is 1. The van der Waals surface area contributed by atoms with Crippen LogP contribution in [0.3, 0.4) is 0 Å². The van der Waals surface area contributed by atoms with E-state index in [4.69, 9.17) is 14.9 Å². The van der Waals surface area contributed by atoms with Gasteiger partial charge in [0, 0.05) is 19.2 Å². The lowest BCUT2D eigenvalue weighted by Crippen LogP contribution is -2.22. The van der Waals surface area contributed by atoms with E-state index < -0.39 is 0 Å². The summed E-state index contributed by atoms with van der Waals surface area (Å²) in [4.78, 5) is 5.32. The Balaban J connectivity index is 3.33. The van der Waals surface area contributed by atoms with Crippen molar-refractivity contribution in [3.05, 3.63) is 17.1 Å². The van der Waals surface area contributed by atoms with E-state index in [-0.39, 0.29) is 0 Å². The highest BCUT2D eigenvalue weighted by Crippen LogP contribution is 2.39. The zero-order valence-electron chi connectivity index (χ0n) is 10.7. The largest absolute Gasteiger partial charge is 0.494 e. The van der Waals surface area contributed by atoms with Gasteiger partial charge in [0.1, 0.15) is 0 Å². The number of nitrogens with zero attached hydrogens (tertiary/aromatic N) is 3. The van der Waals surface area contributed by atoms with E-state index >= 15 is 0 Å². The number of hydrogen-bond acceptors (Lipinski definition) is 4. The van der Waals surface area contributed by atoms with E-state index in [1.54, 1.807) is 20.3 Å². The van der Waals surface area contributed by atoms with Crippen LogP contribution in [0.15, 0.2) is 12.1 Å². The predicted molar refractivity (Wildman–Crippen MR) is 67.9 cm³/mol. The van der Waals surface area contributed by atoms with Crippen molar-refractivity contribution in [2.24, 2.45) is 0 Å². The van der Waals surface area contributed by atoms with Gasteiger partial charge in [0.05, 0.1) is 26.0 Å². The van der Waals surface area contributed by atoms with Crippen LogP contribution in [0.25, 0.3) is 4.98 Å². The van der Waals surface area contributed by atoms with Gasteiger partial charge in [0.25, 0.3) is 0 Å². The minimum Gasteiger partial charge on any atom is -0.494 e. The van der Waals surface area contributed by atoms with Crippen LogP contribution in [0.5, 0.6) is 11.5 Å². The Morgan fingerprint density at radius 2 is 1.71 bits per heavy atom. The van der Waals surface area contributed by atoms with Crippen molar-refractivity contribution in [1.29, 1.82) is 5.39 Å². The van der Waals surface area contributed by atoms with Crippen molar-refractivity contribution in [2.45, 2.75) is 13.8 Å². The molecule has 1 aromatic carbocycles. The average Bonchev–Trinajstić information content (AvgIpc) is 2.39. The highest BCUT2D eigenvalue weighted by molar-refractivity contribution is 5.72. The molecule has 0 saturated heterocycles. The van der Waals surface area contributed by atoms with Crippen LogP contribution in [-0.2, 0) is 0 Å². The lowest BCUT2D eigenvalue weighted by atomic mass is 10.2. The first-order valence-electron chi connectivity index (χ1n) is 5.57. The van der Waals surface area contributed by atoms with Gasteiger partial charge in [-0.05, 0) is 13.8 Å². The molecule has 0 unspecified atom stereocenters. The van der Waals surface area contributed by atoms with Gasteiger partial charge in [0.2, 0.25) is 11.1 Å². The number of ether oxygens (including phenoxy) is 2. The topological polar surface area (TPSA) is 49.9 Å². The molecule has 0 saturated carbocycles. The molecule has 1 rings (SSSR count). The van der Waals surface area contributed by atoms with Crippen molar-refractivity contribution in [2.75, 3.05) is 32.2 Å².